The fraction of sp³-hybridized carbons (Fsp3) is 0.619. The number of allylic oxidation sites excluding steroid dienone is 1. The summed E-state index contributed by atoms with van der Waals surface area (Å²) in [5, 5.41) is 0. The molecule has 2 atom stereocenters. The molecule has 24 heavy (non-hydrogen) atoms. The minimum absolute atomic E-state index is 0.0571. The van der Waals surface area contributed by atoms with E-state index in [1.807, 2.05) is 12.1 Å². The predicted molar refractivity (Wildman–Crippen MR) is 93.7 cm³/mol. The molecule has 0 N–H and O–H groups in total. The number of ether oxygens (including phenoxy) is 1. The Labute approximate surface area is 144 Å². The summed E-state index contributed by atoms with van der Waals surface area (Å²) in [6.45, 7) is 3.58. The summed E-state index contributed by atoms with van der Waals surface area (Å²) < 4.78 is 33.6. The zero-order valence-electron chi connectivity index (χ0n) is 14.5. The second-order valence-electron chi connectivity index (χ2n) is 7.53. The highest BCUT2D eigenvalue weighted by Crippen LogP contribution is 2.48. The van der Waals surface area contributed by atoms with Gasteiger partial charge >= 0.3 is 0 Å². The smallest absolute Gasteiger partial charge is 0.254 e. The summed E-state index contributed by atoms with van der Waals surface area (Å²) in [7, 11) is 1.68. The third kappa shape index (κ3) is 3.65. The van der Waals surface area contributed by atoms with E-state index in [4.69, 9.17) is 4.74 Å². The maximum Gasteiger partial charge on any atom is 0.254 e. The number of hydrogen-bond acceptors (Lipinski definition) is 1. The Bertz CT molecular complexity index is 543. The van der Waals surface area contributed by atoms with Crippen LogP contribution in [0.2, 0.25) is 0 Å². The molecule has 2 aliphatic carbocycles. The molecule has 2 fully saturated rings. The molecule has 0 bridgehead atoms. The normalized spacial score (nSPS) is 33.0. The third-order valence-electron chi connectivity index (χ3n) is 6.24. The molecule has 3 heteroatoms. The molecule has 2 aliphatic rings. The first kappa shape index (κ1) is 17.4. The second kappa shape index (κ2) is 7.25. The van der Waals surface area contributed by atoms with Crippen molar-refractivity contribution >= 4 is 0 Å². The van der Waals surface area contributed by atoms with Gasteiger partial charge in [-0.05, 0) is 74.0 Å². The van der Waals surface area contributed by atoms with E-state index in [-0.39, 0.29) is 12.3 Å². The summed E-state index contributed by atoms with van der Waals surface area (Å²) in [5.41, 5.74) is 1.36. The summed E-state index contributed by atoms with van der Waals surface area (Å²) in [6.07, 6.45) is 7.43. The molecule has 1 aromatic rings. The lowest BCUT2D eigenvalue weighted by molar-refractivity contribution is -0.0954. The van der Waals surface area contributed by atoms with Crippen molar-refractivity contribution in [3.63, 3.8) is 0 Å². The molecule has 0 amide bonds. The number of halogens is 2. The van der Waals surface area contributed by atoms with E-state index < -0.39 is 11.8 Å². The summed E-state index contributed by atoms with van der Waals surface area (Å²) in [5.74, 6) is -1.07. The second-order valence-corrected chi connectivity index (χ2v) is 7.53. The molecule has 1 aromatic carbocycles. The van der Waals surface area contributed by atoms with E-state index in [9.17, 15) is 8.78 Å². The van der Waals surface area contributed by atoms with Gasteiger partial charge in [0.25, 0.3) is 5.92 Å². The fourth-order valence-electron chi connectivity index (χ4n) is 4.70. The van der Waals surface area contributed by atoms with Crippen LogP contribution in [0.1, 0.15) is 56.4 Å². The maximum atomic E-state index is 14.2. The van der Waals surface area contributed by atoms with Crippen molar-refractivity contribution in [2.45, 2.75) is 56.8 Å². The van der Waals surface area contributed by atoms with Gasteiger partial charge in [-0.15, -0.1) is 6.58 Å². The Balaban J connectivity index is 1.56. The largest absolute Gasteiger partial charge is 0.497 e. The van der Waals surface area contributed by atoms with Gasteiger partial charge in [0.2, 0.25) is 0 Å². The lowest BCUT2D eigenvalue weighted by atomic mass is 9.67. The van der Waals surface area contributed by atoms with Gasteiger partial charge in [0.1, 0.15) is 5.75 Å². The van der Waals surface area contributed by atoms with Crippen LogP contribution in [0.5, 0.6) is 5.75 Å². The predicted octanol–water partition coefficient (Wildman–Crippen LogP) is 6.21. The molecule has 0 radical (unpaired) electrons. The van der Waals surface area contributed by atoms with Gasteiger partial charge in [0.05, 0.1) is 7.11 Å². The van der Waals surface area contributed by atoms with E-state index in [2.05, 4.69) is 18.7 Å². The minimum Gasteiger partial charge on any atom is -0.497 e. The van der Waals surface area contributed by atoms with Gasteiger partial charge in [-0.3, -0.25) is 0 Å². The summed E-state index contributed by atoms with van der Waals surface area (Å²) >= 11 is 0. The van der Waals surface area contributed by atoms with Crippen molar-refractivity contribution in [3.05, 3.63) is 42.5 Å². The van der Waals surface area contributed by atoms with Crippen LogP contribution in [0.25, 0.3) is 0 Å². The lowest BCUT2D eigenvalue weighted by Gasteiger charge is -2.40. The van der Waals surface area contributed by atoms with Gasteiger partial charge in [0.15, 0.2) is 0 Å². The van der Waals surface area contributed by atoms with Crippen molar-refractivity contribution in [2.75, 3.05) is 7.11 Å². The van der Waals surface area contributed by atoms with Gasteiger partial charge in [-0.1, -0.05) is 18.2 Å². The van der Waals surface area contributed by atoms with E-state index in [0.717, 1.165) is 37.9 Å². The summed E-state index contributed by atoms with van der Waals surface area (Å²) in [4.78, 5) is 0. The molecule has 0 spiro atoms. The highest BCUT2D eigenvalue weighted by atomic mass is 19.3. The highest BCUT2D eigenvalue weighted by molar-refractivity contribution is 5.29. The molecule has 132 valence electrons. The van der Waals surface area contributed by atoms with E-state index >= 15 is 0 Å². The zero-order valence-corrected chi connectivity index (χ0v) is 14.5. The molecule has 0 saturated heterocycles. The van der Waals surface area contributed by atoms with Crippen LogP contribution in [-0.4, -0.2) is 13.0 Å². The van der Waals surface area contributed by atoms with Crippen molar-refractivity contribution in [1.29, 1.82) is 0 Å². The Hall–Kier alpha value is -1.38. The number of alkyl halides is 2. The molecular formula is C21H28F2O. The molecule has 3 rings (SSSR count). The number of rotatable bonds is 4. The third-order valence-corrected chi connectivity index (χ3v) is 6.24. The molecule has 2 saturated carbocycles. The lowest BCUT2D eigenvalue weighted by Crippen LogP contribution is -2.38. The highest BCUT2D eigenvalue weighted by Gasteiger charge is 2.45. The first-order valence-electron chi connectivity index (χ1n) is 9.18. The van der Waals surface area contributed by atoms with E-state index in [1.54, 1.807) is 7.11 Å². The van der Waals surface area contributed by atoms with E-state index in [1.165, 1.54) is 11.6 Å². The van der Waals surface area contributed by atoms with Crippen LogP contribution in [-0.2, 0) is 0 Å². The van der Waals surface area contributed by atoms with Crippen LogP contribution in [0.4, 0.5) is 8.78 Å². The number of hydrogen-bond donors (Lipinski definition) is 0. The maximum absolute atomic E-state index is 14.2. The van der Waals surface area contributed by atoms with Gasteiger partial charge < -0.3 is 4.74 Å². The number of methoxy groups -OCH3 is 1. The molecule has 2 unspecified atom stereocenters. The average molecular weight is 334 g/mol. The van der Waals surface area contributed by atoms with E-state index in [0.29, 0.717) is 18.3 Å². The van der Waals surface area contributed by atoms with Crippen LogP contribution in [0.15, 0.2) is 36.9 Å². The van der Waals surface area contributed by atoms with Gasteiger partial charge in [0, 0.05) is 12.3 Å². The van der Waals surface area contributed by atoms with Crippen molar-refractivity contribution in [1.82, 2.24) is 0 Å². The zero-order chi connectivity index (χ0) is 17.2. The monoisotopic (exact) mass is 334 g/mol. The van der Waals surface area contributed by atoms with Crippen LogP contribution in [0.3, 0.4) is 0 Å². The van der Waals surface area contributed by atoms with Crippen molar-refractivity contribution in [2.24, 2.45) is 17.8 Å². The van der Waals surface area contributed by atoms with Gasteiger partial charge in [-0.25, -0.2) is 8.78 Å². The Kier molecular flexibility index (Phi) is 5.27. The topological polar surface area (TPSA) is 9.23 Å². The number of benzene rings is 1. The van der Waals surface area contributed by atoms with Crippen LogP contribution < -0.4 is 4.74 Å². The first-order chi connectivity index (χ1) is 11.5. The Morgan fingerprint density at radius 1 is 1.00 bits per heavy atom. The standard InChI is InChI=1S/C21H28F2O/c1-3-19-11-8-18(14-21(19,22)23)17-6-4-15(5-7-17)16-9-12-20(24-2)13-10-16/h3,9-10,12-13,15,17-19H,1,4-8,11,14H2,2H3. The van der Waals surface area contributed by atoms with Crippen LogP contribution in [0, 0.1) is 17.8 Å². The average Bonchev–Trinajstić information content (AvgIpc) is 2.61. The minimum atomic E-state index is -2.56. The quantitative estimate of drug-likeness (QED) is 0.595. The Morgan fingerprint density at radius 2 is 1.62 bits per heavy atom. The van der Waals surface area contributed by atoms with Gasteiger partial charge in [-0.2, -0.15) is 0 Å². The molecule has 1 nitrogen and oxygen atoms in total. The van der Waals surface area contributed by atoms with Crippen LogP contribution >= 0.6 is 0 Å². The molecule has 0 heterocycles. The molecular weight excluding hydrogens is 306 g/mol. The summed E-state index contributed by atoms with van der Waals surface area (Å²) in [6, 6.07) is 8.32. The fourth-order valence-corrected chi connectivity index (χ4v) is 4.70. The van der Waals surface area contributed by atoms with Crippen molar-refractivity contribution in [3.8, 4) is 5.75 Å². The molecule has 0 aliphatic heterocycles. The SMILES string of the molecule is C=CC1CCC(C2CCC(c3ccc(OC)cc3)CC2)CC1(F)F. The van der Waals surface area contributed by atoms with Crippen molar-refractivity contribution < 1.29 is 13.5 Å². The Morgan fingerprint density at radius 3 is 2.17 bits per heavy atom. The first-order valence-corrected chi connectivity index (χ1v) is 9.18. The molecule has 0 aromatic heterocycles.